The smallest absolute Gasteiger partial charge is 0.124 e. The van der Waals surface area contributed by atoms with E-state index in [9.17, 15) is 0 Å². The summed E-state index contributed by atoms with van der Waals surface area (Å²) in [6.45, 7) is 1.26. The Labute approximate surface area is 118 Å². The quantitative estimate of drug-likeness (QED) is 0.823. The molecule has 0 fully saturated rings. The molecule has 0 aliphatic carbocycles. The lowest BCUT2D eigenvalue weighted by atomic mass is 10.2. The summed E-state index contributed by atoms with van der Waals surface area (Å²) in [5.74, 6) is 1.61. The average molecular weight is 276 g/mol. The minimum atomic E-state index is 0.593. The zero-order valence-electron chi connectivity index (χ0n) is 11.9. The summed E-state index contributed by atoms with van der Waals surface area (Å²) in [5, 5.41) is 8.26. The van der Waals surface area contributed by atoms with Gasteiger partial charge in [-0.3, -0.25) is 0 Å². The van der Waals surface area contributed by atoms with Crippen LogP contribution in [0.25, 0.3) is 0 Å². The maximum atomic E-state index is 5.49. The van der Waals surface area contributed by atoms with Crippen molar-refractivity contribution < 1.29 is 9.47 Å². The summed E-state index contributed by atoms with van der Waals surface area (Å²) in [5.41, 5.74) is 7.45. The van der Waals surface area contributed by atoms with Crippen molar-refractivity contribution in [1.29, 1.82) is 0 Å². The zero-order valence-corrected chi connectivity index (χ0v) is 11.9. The van der Waals surface area contributed by atoms with E-state index in [-0.39, 0.29) is 0 Å². The van der Waals surface area contributed by atoms with E-state index in [0.29, 0.717) is 13.1 Å². The Hall–Kier alpha value is -2.08. The topological polar surface area (TPSA) is 75.2 Å². The number of aromatic nitrogens is 3. The summed E-state index contributed by atoms with van der Waals surface area (Å²) in [7, 11) is 3.30. The lowest BCUT2D eigenvalue weighted by Crippen LogP contribution is -2.03. The molecule has 108 valence electrons. The molecule has 6 nitrogen and oxygen atoms in total. The fourth-order valence-electron chi connectivity index (χ4n) is 1.99. The predicted molar refractivity (Wildman–Crippen MR) is 76.0 cm³/mol. The number of benzene rings is 1. The first-order valence-corrected chi connectivity index (χ1v) is 6.56. The molecule has 6 heteroatoms. The highest BCUT2D eigenvalue weighted by atomic mass is 16.5. The van der Waals surface area contributed by atoms with E-state index in [1.54, 1.807) is 18.9 Å². The maximum absolute atomic E-state index is 5.49. The first kappa shape index (κ1) is 14.3. The minimum Gasteiger partial charge on any atom is -0.497 e. The number of ether oxygens (including phenoxy) is 2. The van der Waals surface area contributed by atoms with Gasteiger partial charge in [-0.05, 0) is 37.6 Å². The molecule has 0 atom stereocenters. The second kappa shape index (κ2) is 6.91. The Bertz CT molecular complexity index is 554. The van der Waals surface area contributed by atoms with Gasteiger partial charge in [0.15, 0.2) is 0 Å². The van der Waals surface area contributed by atoms with Crippen molar-refractivity contribution in [2.45, 2.75) is 19.4 Å². The fourth-order valence-corrected chi connectivity index (χ4v) is 1.99. The predicted octanol–water partition coefficient (Wildman–Crippen LogP) is 1.23. The van der Waals surface area contributed by atoms with Crippen molar-refractivity contribution in [2.24, 2.45) is 5.73 Å². The molecule has 1 aromatic carbocycles. The first-order valence-electron chi connectivity index (χ1n) is 6.56. The highest BCUT2D eigenvalue weighted by molar-refractivity contribution is 5.40. The average Bonchev–Trinajstić information content (AvgIpc) is 2.92. The van der Waals surface area contributed by atoms with Crippen LogP contribution in [0.3, 0.4) is 0 Å². The number of hydrogen-bond donors (Lipinski definition) is 1. The largest absolute Gasteiger partial charge is 0.497 e. The van der Waals surface area contributed by atoms with Gasteiger partial charge in [-0.15, -0.1) is 5.10 Å². The van der Waals surface area contributed by atoms with Crippen LogP contribution in [0.2, 0.25) is 0 Å². The van der Waals surface area contributed by atoms with Crippen molar-refractivity contribution in [3.63, 3.8) is 0 Å². The minimum absolute atomic E-state index is 0.593. The van der Waals surface area contributed by atoms with E-state index in [1.807, 2.05) is 24.4 Å². The molecule has 1 heterocycles. The van der Waals surface area contributed by atoms with Crippen molar-refractivity contribution in [3.8, 4) is 11.5 Å². The number of nitrogens with zero attached hydrogens (tertiary/aromatic N) is 3. The van der Waals surface area contributed by atoms with Crippen LogP contribution in [0.4, 0.5) is 0 Å². The highest BCUT2D eigenvalue weighted by Crippen LogP contribution is 2.24. The SMILES string of the molecule is COc1ccc(OC)c(Cn2cc(CCCN)nn2)c1. The molecule has 20 heavy (non-hydrogen) atoms. The molecule has 2 aromatic rings. The van der Waals surface area contributed by atoms with E-state index in [1.165, 1.54) is 0 Å². The molecule has 0 unspecified atom stereocenters. The summed E-state index contributed by atoms with van der Waals surface area (Å²) in [6, 6.07) is 5.71. The van der Waals surface area contributed by atoms with Crippen LogP contribution in [0, 0.1) is 0 Å². The van der Waals surface area contributed by atoms with Crippen LogP contribution >= 0.6 is 0 Å². The number of hydrogen-bond acceptors (Lipinski definition) is 5. The summed E-state index contributed by atoms with van der Waals surface area (Å²) >= 11 is 0. The van der Waals surface area contributed by atoms with Crippen LogP contribution in [0.1, 0.15) is 17.7 Å². The van der Waals surface area contributed by atoms with Gasteiger partial charge in [0.25, 0.3) is 0 Å². The molecule has 1 aromatic heterocycles. The monoisotopic (exact) mass is 276 g/mol. The Morgan fingerprint density at radius 3 is 2.80 bits per heavy atom. The van der Waals surface area contributed by atoms with Crippen LogP contribution in [0.15, 0.2) is 24.4 Å². The van der Waals surface area contributed by atoms with Crippen LogP contribution in [-0.4, -0.2) is 35.8 Å². The van der Waals surface area contributed by atoms with Crippen molar-refractivity contribution >= 4 is 0 Å². The highest BCUT2D eigenvalue weighted by Gasteiger charge is 2.08. The van der Waals surface area contributed by atoms with Crippen LogP contribution < -0.4 is 15.2 Å². The molecule has 0 bridgehead atoms. The van der Waals surface area contributed by atoms with E-state index >= 15 is 0 Å². The second-order valence-electron chi connectivity index (χ2n) is 4.48. The molecule has 0 aliphatic rings. The van der Waals surface area contributed by atoms with Crippen LogP contribution in [0.5, 0.6) is 11.5 Å². The standard InChI is InChI=1S/C14H20N4O2/c1-19-13-5-6-14(20-2)11(8-13)9-18-10-12(16-17-18)4-3-7-15/h5-6,8,10H,3-4,7,9,15H2,1-2H3. The Kier molecular flexibility index (Phi) is 4.95. The first-order chi connectivity index (χ1) is 9.76. The lowest BCUT2D eigenvalue weighted by Gasteiger charge is -2.10. The van der Waals surface area contributed by atoms with Gasteiger partial charge in [0.2, 0.25) is 0 Å². The van der Waals surface area contributed by atoms with E-state index in [0.717, 1.165) is 35.6 Å². The number of aryl methyl sites for hydroxylation is 1. The normalized spacial score (nSPS) is 10.6. The maximum Gasteiger partial charge on any atom is 0.124 e. The summed E-state index contributed by atoms with van der Waals surface area (Å²) in [4.78, 5) is 0. The molecular weight excluding hydrogens is 256 g/mol. The Morgan fingerprint density at radius 1 is 1.25 bits per heavy atom. The van der Waals surface area contributed by atoms with Gasteiger partial charge in [0.1, 0.15) is 11.5 Å². The molecule has 0 saturated heterocycles. The van der Waals surface area contributed by atoms with Crippen molar-refractivity contribution in [2.75, 3.05) is 20.8 Å². The molecule has 0 aliphatic heterocycles. The summed E-state index contributed by atoms with van der Waals surface area (Å²) < 4.78 is 12.4. The van der Waals surface area contributed by atoms with Gasteiger partial charge >= 0.3 is 0 Å². The van der Waals surface area contributed by atoms with Gasteiger partial charge in [0, 0.05) is 11.8 Å². The molecule has 0 saturated carbocycles. The van der Waals surface area contributed by atoms with Gasteiger partial charge in [0.05, 0.1) is 26.5 Å². The third-order valence-electron chi connectivity index (χ3n) is 3.04. The van der Waals surface area contributed by atoms with Gasteiger partial charge in [-0.2, -0.15) is 0 Å². The third kappa shape index (κ3) is 3.48. The molecule has 0 spiro atoms. The van der Waals surface area contributed by atoms with E-state index in [4.69, 9.17) is 15.2 Å². The van der Waals surface area contributed by atoms with E-state index in [2.05, 4.69) is 10.3 Å². The van der Waals surface area contributed by atoms with Crippen molar-refractivity contribution in [1.82, 2.24) is 15.0 Å². The van der Waals surface area contributed by atoms with Crippen LogP contribution in [-0.2, 0) is 13.0 Å². The Balaban J connectivity index is 2.14. The molecule has 2 rings (SSSR count). The fraction of sp³-hybridized carbons (Fsp3) is 0.429. The van der Waals surface area contributed by atoms with Crippen molar-refractivity contribution in [3.05, 3.63) is 35.7 Å². The molecule has 0 radical (unpaired) electrons. The number of methoxy groups -OCH3 is 2. The van der Waals surface area contributed by atoms with Gasteiger partial charge < -0.3 is 15.2 Å². The summed E-state index contributed by atoms with van der Waals surface area (Å²) in [6.07, 6.45) is 3.71. The Morgan fingerprint density at radius 2 is 2.10 bits per heavy atom. The van der Waals surface area contributed by atoms with E-state index < -0.39 is 0 Å². The molecule has 2 N–H and O–H groups in total. The number of nitrogens with two attached hydrogens (primary N) is 1. The lowest BCUT2D eigenvalue weighted by molar-refractivity contribution is 0.396. The second-order valence-corrected chi connectivity index (χ2v) is 4.48. The number of rotatable bonds is 7. The zero-order chi connectivity index (χ0) is 14.4. The third-order valence-corrected chi connectivity index (χ3v) is 3.04. The van der Waals surface area contributed by atoms with Gasteiger partial charge in [-0.25, -0.2) is 4.68 Å². The molecule has 0 amide bonds. The van der Waals surface area contributed by atoms with Gasteiger partial charge in [-0.1, -0.05) is 5.21 Å². The molecular formula is C14H20N4O2.